The van der Waals surface area contributed by atoms with Crippen LogP contribution in [0.3, 0.4) is 0 Å². The first kappa shape index (κ1) is 20.6. The number of nitrogens with zero attached hydrogens (tertiary/aromatic N) is 1. The zero-order valence-electron chi connectivity index (χ0n) is 16.5. The average molecular weight is 401 g/mol. The van der Waals surface area contributed by atoms with Gasteiger partial charge < -0.3 is 15.0 Å². The number of rotatable bonds is 7. The van der Waals surface area contributed by atoms with Gasteiger partial charge in [-0.15, -0.1) is 11.3 Å². The topological polar surface area (TPSA) is 58.6 Å². The molecule has 0 aliphatic carbocycles. The van der Waals surface area contributed by atoms with Crippen molar-refractivity contribution in [3.63, 3.8) is 0 Å². The van der Waals surface area contributed by atoms with Crippen LogP contribution in [-0.4, -0.2) is 35.9 Å². The van der Waals surface area contributed by atoms with E-state index in [1.54, 1.807) is 0 Å². The van der Waals surface area contributed by atoms with Gasteiger partial charge in [0.05, 0.1) is 23.5 Å². The molecular weight excluding hydrogens is 372 g/mol. The van der Waals surface area contributed by atoms with Crippen molar-refractivity contribution in [1.82, 2.24) is 10.2 Å². The van der Waals surface area contributed by atoms with Crippen molar-refractivity contribution < 1.29 is 14.3 Å². The van der Waals surface area contributed by atoms with Gasteiger partial charge in [0.2, 0.25) is 5.91 Å². The van der Waals surface area contributed by atoms with Crippen molar-refractivity contribution in [3.05, 3.63) is 57.8 Å². The molecule has 28 heavy (non-hydrogen) atoms. The van der Waals surface area contributed by atoms with Gasteiger partial charge >= 0.3 is 0 Å². The highest BCUT2D eigenvalue weighted by molar-refractivity contribution is 7.12. The van der Waals surface area contributed by atoms with Crippen molar-refractivity contribution in [1.29, 1.82) is 0 Å². The quantitative estimate of drug-likeness (QED) is 0.768. The monoisotopic (exact) mass is 400 g/mol. The predicted molar refractivity (Wildman–Crippen MR) is 111 cm³/mol. The van der Waals surface area contributed by atoms with Crippen LogP contribution in [0.2, 0.25) is 0 Å². The van der Waals surface area contributed by atoms with Crippen LogP contribution < -0.4 is 5.32 Å². The predicted octanol–water partition coefficient (Wildman–Crippen LogP) is 3.84. The van der Waals surface area contributed by atoms with Crippen LogP contribution in [0.25, 0.3) is 0 Å². The molecule has 1 atom stereocenters. The molecular formula is C22H28N2O3S. The summed E-state index contributed by atoms with van der Waals surface area (Å²) in [5, 5.41) is 4.97. The van der Waals surface area contributed by atoms with E-state index in [0.29, 0.717) is 19.7 Å². The fraction of sp³-hybridized carbons (Fsp3) is 0.455. The Kier molecular flexibility index (Phi) is 7.23. The first-order valence-corrected chi connectivity index (χ1v) is 10.7. The Morgan fingerprint density at radius 3 is 2.71 bits per heavy atom. The Balaban J connectivity index is 1.56. The number of carbonyl (C=O) groups excluding carboxylic acids is 2. The Hall–Kier alpha value is -2.18. The van der Waals surface area contributed by atoms with Gasteiger partial charge in [0.1, 0.15) is 0 Å². The summed E-state index contributed by atoms with van der Waals surface area (Å²) in [6, 6.07) is 11.7. The molecule has 3 rings (SSSR count). The SMILES string of the molecule is CC(C)OCc1ccccc1CNC(=O)[C@H]1CCCN(C(=O)c2cccs2)C1. The van der Waals surface area contributed by atoms with E-state index in [4.69, 9.17) is 4.74 Å². The molecule has 0 radical (unpaired) electrons. The Morgan fingerprint density at radius 1 is 1.21 bits per heavy atom. The summed E-state index contributed by atoms with van der Waals surface area (Å²) in [4.78, 5) is 27.8. The number of amides is 2. The standard InChI is InChI=1S/C22H28N2O3S/c1-16(2)27-15-19-8-4-3-7-17(19)13-23-21(25)18-9-5-11-24(14-18)22(26)20-10-6-12-28-20/h3-4,6-8,10,12,16,18H,5,9,11,13-15H2,1-2H3,(H,23,25)/t18-/m0/s1. The minimum atomic E-state index is -0.156. The number of thiophene rings is 1. The molecule has 1 fully saturated rings. The van der Waals surface area contributed by atoms with Gasteiger partial charge in [-0.2, -0.15) is 0 Å². The number of benzene rings is 1. The van der Waals surface area contributed by atoms with Gasteiger partial charge in [-0.1, -0.05) is 30.3 Å². The molecule has 5 nitrogen and oxygen atoms in total. The minimum Gasteiger partial charge on any atom is -0.374 e. The molecule has 6 heteroatoms. The van der Waals surface area contributed by atoms with Crippen molar-refractivity contribution in [3.8, 4) is 0 Å². The third kappa shape index (κ3) is 5.42. The summed E-state index contributed by atoms with van der Waals surface area (Å²) >= 11 is 1.45. The van der Waals surface area contributed by atoms with E-state index in [9.17, 15) is 9.59 Å². The van der Waals surface area contributed by atoms with E-state index < -0.39 is 0 Å². The molecule has 1 aromatic heterocycles. The third-order valence-electron chi connectivity index (χ3n) is 4.95. The Morgan fingerprint density at radius 2 is 2.00 bits per heavy atom. The van der Waals surface area contributed by atoms with Crippen molar-refractivity contribution in [2.75, 3.05) is 13.1 Å². The molecule has 2 aromatic rings. The number of ether oxygens (including phenoxy) is 1. The van der Waals surface area contributed by atoms with Gasteiger partial charge in [0.15, 0.2) is 0 Å². The highest BCUT2D eigenvalue weighted by Gasteiger charge is 2.29. The molecule has 0 unspecified atom stereocenters. The van der Waals surface area contributed by atoms with E-state index >= 15 is 0 Å². The van der Waals surface area contributed by atoms with E-state index in [1.807, 2.05) is 60.5 Å². The first-order chi connectivity index (χ1) is 13.5. The number of carbonyl (C=O) groups is 2. The van der Waals surface area contributed by atoms with Crippen LogP contribution >= 0.6 is 11.3 Å². The normalized spacial score (nSPS) is 17.0. The molecule has 2 heterocycles. The zero-order chi connectivity index (χ0) is 19.9. The largest absolute Gasteiger partial charge is 0.374 e. The Labute approximate surface area is 170 Å². The van der Waals surface area contributed by atoms with E-state index in [0.717, 1.165) is 35.4 Å². The maximum Gasteiger partial charge on any atom is 0.263 e. The highest BCUT2D eigenvalue weighted by Crippen LogP contribution is 2.21. The second-order valence-corrected chi connectivity index (χ2v) is 8.36. The molecule has 150 valence electrons. The number of piperidine rings is 1. The van der Waals surface area contributed by atoms with Crippen LogP contribution in [0, 0.1) is 5.92 Å². The molecule has 1 N–H and O–H groups in total. The lowest BCUT2D eigenvalue weighted by Crippen LogP contribution is -2.45. The van der Waals surface area contributed by atoms with E-state index in [-0.39, 0.29) is 23.8 Å². The van der Waals surface area contributed by atoms with Crippen molar-refractivity contribution in [2.24, 2.45) is 5.92 Å². The lowest BCUT2D eigenvalue weighted by molar-refractivity contribution is -0.126. The molecule has 0 spiro atoms. The fourth-order valence-electron chi connectivity index (χ4n) is 3.39. The zero-order valence-corrected chi connectivity index (χ0v) is 17.3. The van der Waals surface area contributed by atoms with Crippen molar-refractivity contribution >= 4 is 23.2 Å². The molecule has 1 aliphatic rings. The van der Waals surface area contributed by atoms with Crippen LogP contribution in [0.15, 0.2) is 41.8 Å². The summed E-state index contributed by atoms with van der Waals surface area (Å²) in [5.74, 6) is -0.108. The first-order valence-electron chi connectivity index (χ1n) is 9.83. The van der Waals surface area contributed by atoms with Crippen LogP contribution in [0.1, 0.15) is 47.5 Å². The molecule has 1 aromatic carbocycles. The summed E-state index contributed by atoms with van der Waals surface area (Å²) < 4.78 is 5.71. The van der Waals surface area contributed by atoms with Crippen LogP contribution in [0.4, 0.5) is 0 Å². The highest BCUT2D eigenvalue weighted by atomic mass is 32.1. The van der Waals surface area contributed by atoms with Crippen LogP contribution in [-0.2, 0) is 22.7 Å². The van der Waals surface area contributed by atoms with E-state index in [1.165, 1.54) is 11.3 Å². The molecule has 1 aliphatic heterocycles. The molecule has 1 saturated heterocycles. The van der Waals surface area contributed by atoms with Gasteiger partial charge in [-0.25, -0.2) is 0 Å². The maximum absolute atomic E-state index is 12.7. The molecule has 0 saturated carbocycles. The summed E-state index contributed by atoms with van der Waals surface area (Å²) in [6.07, 6.45) is 1.84. The van der Waals surface area contributed by atoms with Gasteiger partial charge in [0, 0.05) is 19.6 Å². The smallest absolute Gasteiger partial charge is 0.263 e. The molecule has 2 amide bonds. The second-order valence-electron chi connectivity index (χ2n) is 7.41. The molecule has 0 bridgehead atoms. The summed E-state index contributed by atoms with van der Waals surface area (Å²) in [5.41, 5.74) is 2.16. The maximum atomic E-state index is 12.7. The average Bonchev–Trinajstić information content (AvgIpc) is 3.25. The van der Waals surface area contributed by atoms with Gasteiger partial charge in [-0.05, 0) is 49.3 Å². The van der Waals surface area contributed by atoms with Crippen LogP contribution in [0.5, 0.6) is 0 Å². The van der Waals surface area contributed by atoms with Crippen molar-refractivity contribution in [2.45, 2.75) is 45.9 Å². The number of hydrogen-bond donors (Lipinski definition) is 1. The summed E-state index contributed by atoms with van der Waals surface area (Å²) in [7, 11) is 0. The van der Waals surface area contributed by atoms with E-state index in [2.05, 4.69) is 5.32 Å². The second kappa shape index (κ2) is 9.85. The lowest BCUT2D eigenvalue weighted by atomic mass is 9.96. The van der Waals surface area contributed by atoms with Gasteiger partial charge in [0.25, 0.3) is 5.91 Å². The lowest BCUT2D eigenvalue weighted by Gasteiger charge is -2.31. The number of hydrogen-bond acceptors (Lipinski definition) is 4. The third-order valence-corrected chi connectivity index (χ3v) is 5.81. The minimum absolute atomic E-state index is 0.0169. The Bertz CT molecular complexity index is 789. The number of likely N-dealkylation sites (tertiary alicyclic amines) is 1. The van der Waals surface area contributed by atoms with Gasteiger partial charge in [-0.3, -0.25) is 9.59 Å². The number of nitrogens with one attached hydrogen (secondary N) is 1. The summed E-state index contributed by atoms with van der Waals surface area (Å²) in [6.45, 7) is 6.24. The fourth-order valence-corrected chi connectivity index (χ4v) is 4.08.